The smallest absolute Gasteiger partial charge is 0.341 e. The summed E-state index contributed by atoms with van der Waals surface area (Å²) in [6, 6.07) is 9.05. The summed E-state index contributed by atoms with van der Waals surface area (Å²) < 4.78 is 16.4. The molecular formula is C25H26ClNO7S. The summed E-state index contributed by atoms with van der Waals surface area (Å²) >= 11 is 7.06. The third kappa shape index (κ3) is 6.49. The van der Waals surface area contributed by atoms with Crippen LogP contribution in [0.2, 0.25) is 5.02 Å². The molecular weight excluding hydrogens is 494 g/mol. The third-order valence-electron chi connectivity index (χ3n) is 5.13. The molecule has 1 fully saturated rings. The van der Waals surface area contributed by atoms with Crippen LogP contribution in [0.3, 0.4) is 0 Å². The average molecular weight is 520 g/mol. The predicted molar refractivity (Wildman–Crippen MR) is 135 cm³/mol. The van der Waals surface area contributed by atoms with Crippen molar-refractivity contribution in [3.63, 3.8) is 0 Å². The summed E-state index contributed by atoms with van der Waals surface area (Å²) in [7, 11) is 1.38. The van der Waals surface area contributed by atoms with Gasteiger partial charge in [-0.3, -0.25) is 14.5 Å². The molecule has 35 heavy (non-hydrogen) atoms. The molecule has 0 radical (unpaired) electrons. The van der Waals surface area contributed by atoms with E-state index in [1.165, 1.54) is 19.3 Å². The first-order chi connectivity index (χ1) is 16.6. The Kier molecular flexibility index (Phi) is 8.69. The van der Waals surface area contributed by atoms with Gasteiger partial charge in [0.25, 0.3) is 11.1 Å². The van der Waals surface area contributed by atoms with Crippen molar-refractivity contribution >= 4 is 46.6 Å². The van der Waals surface area contributed by atoms with Crippen LogP contribution in [0.25, 0.3) is 6.08 Å². The number of imide groups is 1. The standard InChI is InChI=1S/C25H26ClNO7S/c1-14(2)17-6-5-15(3)9-19(17)33-8-7-27-24(30)21(35-25(27)31)12-16-10-18(26)23(20(11-16)32-4)34-13-22(28)29/h5-6,9-12,14H,7-8,13H2,1-4H3,(H,28,29)/b21-12-. The van der Waals surface area contributed by atoms with Crippen LogP contribution in [0.5, 0.6) is 17.2 Å². The number of hydrogen-bond donors (Lipinski definition) is 1. The fourth-order valence-electron chi connectivity index (χ4n) is 3.43. The minimum atomic E-state index is -1.16. The number of amides is 2. The molecule has 1 saturated heterocycles. The summed E-state index contributed by atoms with van der Waals surface area (Å²) in [5.41, 5.74) is 2.62. The van der Waals surface area contributed by atoms with Crippen molar-refractivity contribution < 1.29 is 33.7 Å². The maximum absolute atomic E-state index is 12.9. The molecule has 0 spiro atoms. The van der Waals surface area contributed by atoms with Crippen molar-refractivity contribution in [2.45, 2.75) is 26.7 Å². The van der Waals surface area contributed by atoms with Gasteiger partial charge in [-0.1, -0.05) is 37.6 Å². The quantitative estimate of drug-likeness (QED) is 0.418. The normalized spacial score (nSPS) is 14.7. The van der Waals surface area contributed by atoms with Gasteiger partial charge >= 0.3 is 5.97 Å². The predicted octanol–water partition coefficient (Wildman–Crippen LogP) is 5.36. The lowest BCUT2D eigenvalue weighted by Gasteiger charge is -2.17. The maximum atomic E-state index is 12.9. The van der Waals surface area contributed by atoms with Crippen molar-refractivity contribution in [3.8, 4) is 17.2 Å². The SMILES string of the molecule is COc1cc(/C=C2\SC(=O)N(CCOc3cc(C)ccc3C(C)C)C2=O)cc(Cl)c1OCC(=O)O. The Balaban J connectivity index is 1.72. The number of methoxy groups -OCH3 is 1. The summed E-state index contributed by atoms with van der Waals surface area (Å²) in [5.74, 6) is -0.288. The van der Waals surface area contributed by atoms with Crippen molar-refractivity contribution in [1.29, 1.82) is 0 Å². The van der Waals surface area contributed by atoms with E-state index in [-0.39, 0.29) is 40.5 Å². The molecule has 10 heteroatoms. The number of nitrogens with zero attached hydrogens (tertiary/aromatic N) is 1. The van der Waals surface area contributed by atoms with E-state index >= 15 is 0 Å². The Hall–Kier alpha value is -3.17. The number of hydrogen-bond acceptors (Lipinski definition) is 7. The van der Waals surface area contributed by atoms with Gasteiger partial charge < -0.3 is 19.3 Å². The van der Waals surface area contributed by atoms with E-state index in [1.807, 2.05) is 25.1 Å². The lowest BCUT2D eigenvalue weighted by atomic mass is 10.0. The second-order valence-electron chi connectivity index (χ2n) is 8.09. The number of halogens is 1. The zero-order chi connectivity index (χ0) is 25.7. The van der Waals surface area contributed by atoms with Gasteiger partial charge in [0.2, 0.25) is 0 Å². The van der Waals surface area contributed by atoms with Crippen LogP contribution >= 0.6 is 23.4 Å². The molecule has 0 unspecified atom stereocenters. The van der Waals surface area contributed by atoms with Crippen molar-refractivity contribution in [3.05, 3.63) is 56.9 Å². The number of ether oxygens (including phenoxy) is 3. The fourth-order valence-corrected chi connectivity index (χ4v) is 4.57. The number of carbonyl (C=O) groups is 3. The lowest BCUT2D eigenvalue weighted by molar-refractivity contribution is -0.139. The van der Waals surface area contributed by atoms with E-state index in [0.29, 0.717) is 5.56 Å². The minimum Gasteiger partial charge on any atom is -0.493 e. The van der Waals surface area contributed by atoms with E-state index in [4.69, 9.17) is 30.9 Å². The van der Waals surface area contributed by atoms with Crippen LogP contribution in [0, 0.1) is 6.92 Å². The van der Waals surface area contributed by atoms with Crippen LogP contribution in [0.4, 0.5) is 4.79 Å². The first-order valence-corrected chi connectivity index (χ1v) is 12.0. The Morgan fingerprint density at radius 3 is 2.57 bits per heavy atom. The molecule has 0 atom stereocenters. The van der Waals surface area contributed by atoms with Gasteiger partial charge in [-0.05, 0) is 65.6 Å². The summed E-state index contributed by atoms with van der Waals surface area (Å²) in [4.78, 5) is 37.5. The monoisotopic (exact) mass is 519 g/mol. The van der Waals surface area contributed by atoms with Crippen LogP contribution in [0.15, 0.2) is 35.2 Å². The Morgan fingerprint density at radius 1 is 1.17 bits per heavy atom. The molecule has 2 aromatic carbocycles. The number of thioether (sulfide) groups is 1. The Labute approximate surface area is 212 Å². The van der Waals surface area contributed by atoms with E-state index < -0.39 is 23.7 Å². The zero-order valence-electron chi connectivity index (χ0n) is 19.8. The number of aliphatic carboxylic acids is 1. The van der Waals surface area contributed by atoms with E-state index in [9.17, 15) is 14.4 Å². The number of carboxylic acids is 1. The molecule has 186 valence electrons. The van der Waals surface area contributed by atoms with Crippen molar-refractivity contribution in [2.75, 3.05) is 26.9 Å². The van der Waals surface area contributed by atoms with Gasteiger partial charge in [0.15, 0.2) is 18.1 Å². The number of carbonyl (C=O) groups excluding carboxylic acids is 2. The molecule has 0 saturated carbocycles. The lowest BCUT2D eigenvalue weighted by Crippen LogP contribution is -2.32. The minimum absolute atomic E-state index is 0.0795. The highest BCUT2D eigenvalue weighted by Crippen LogP contribution is 2.39. The molecule has 1 heterocycles. The van der Waals surface area contributed by atoms with Gasteiger partial charge in [-0.2, -0.15) is 0 Å². The summed E-state index contributed by atoms with van der Waals surface area (Å²) in [6.07, 6.45) is 1.53. The van der Waals surface area contributed by atoms with Gasteiger partial charge in [0.1, 0.15) is 12.4 Å². The van der Waals surface area contributed by atoms with Crippen LogP contribution in [0.1, 0.15) is 36.5 Å². The number of rotatable bonds is 10. The van der Waals surface area contributed by atoms with E-state index in [2.05, 4.69) is 13.8 Å². The molecule has 1 N–H and O–H groups in total. The largest absolute Gasteiger partial charge is 0.493 e. The molecule has 8 nitrogen and oxygen atoms in total. The second-order valence-corrected chi connectivity index (χ2v) is 9.49. The number of carboxylic acid groups (broad SMARTS) is 1. The molecule has 1 aliphatic rings. The summed E-state index contributed by atoms with van der Waals surface area (Å²) in [5, 5.41) is 8.55. The first-order valence-electron chi connectivity index (χ1n) is 10.8. The number of benzene rings is 2. The van der Waals surface area contributed by atoms with Gasteiger partial charge in [0, 0.05) is 0 Å². The van der Waals surface area contributed by atoms with E-state index in [1.54, 1.807) is 6.07 Å². The van der Waals surface area contributed by atoms with Crippen LogP contribution in [-0.4, -0.2) is 54.0 Å². The third-order valence-corrected chi connectivity index (χ3v) is 6.31. The summed E-state index contributed by atoms with van der Waals surface area (Å²) in [6.45, 7) is 5.82. The highest BCUT2D eigenvalue weighted by molar-refractivity contribution is 8.18. The first kappa shape index (κ1) is 26.4. The second kappa shape index (κ2) is 11.5. The van der Waals surface area contributed by atoms with Gasteiger partial charge in [0.05, 0.1) is 23.6 Å². The molecule has 0 aromatic heterocycles. The molecule has 0 aliphatic carbocycles. The highest BCUT2D eigenvalue weighted by atomic mass is 35.5. The van der Waals surface area contributed by atoms with Crippen molar-refractivity contribution in [2.24, 2.45) is 0 Å². The van der Waals surface area contributed by atoms with Crippen LogP contribution < -0.4 is 14.2 Å². The molecule has 0 bridgehead atoms. The Bertz CT molecular complexity index is 1180. The average Bonchev–Trinajstić information content (AvgIpc) is 3.05. The number of aryl methyl sites for hydroxylation is 1. The maximum Gasteiger partial charge on any atom is 0.341 e. The van der Waals surface area contributed by atoms with Gasteiger partial charge in [-0.15, -0.1) is 0 Å². The fraction of sp³-hybridized carbons (Fsp3) is 0.320. The van der Waals surface area contributed by atoms with Crippen molar-refractivity contribution in [1.82, 2.24) is 4.90 Å². The highest BCUT2D eigenvalue weighted by Gasteiger charge is 2.35. The zero-order valence-corrected chi connectivity index (χ0v) is 21.4. The van der Waals surface area contributed by atoms with E-state index in [0.717, 1.165) is 33.5 Å². The topological polar surface area (TPSA) is 102 Å². The molecule has 1 aliphatic heterocycles. The molecule has 2 aromatic rings. The molecule has 2 amide bonds. The van der Waals surface area contributed by atoms with Crippen LogP contribution in [-0.2, 0) is 9.59 Å². The van der Waals surface area contributed by atoms with Gasteiger partial charge in [-0.25, -0.2) is 4.79 Å². The Morgan fingerprint density at radius 2 is 1.91 bits per heavy atom. The molecule has 3 rings (SSSR count).